The number of fused-ring (bicyclic) bond motifs is 1. The largest absolute Gasteiger partial charge is 0.371 e. The highest BCUT2D eigenvalue weighted by atomic mass is 16.6. The van der Waals surface area contributed by atoms with Gasteiger partial charge in [0.1, 0.15) is 11.4 Å². The molecule has 0 aliphatic carbocycles. The van der Waals surface area contributed by atoms with Gasteiger partial charge in [0.05, 0.1) is 23.4 Å². The third kappa shape index (κ3) is 4.18. The quantitative estimate of drug-likeness (QED) is 0.451. The molecule has 1 fully saturated rings. The molecule has 0 saturated carbocycles. The monoisotopic (exact) mass is 449 g/mol. The second-order valence-electron chi connectivity index (χ2n) is 8.27. The number of aryl methyl sites for hydroxylation is 1. The van der Waals surface area contributed by atoms with Crippen molar-refractivity contribution in [3.63, 3.8) is 0 Å². The zero-order chi connectivity index (χ0) is 23.5. The van der Waals surface area contributed by atoms with Crippen molar-refractivity contribution in [1.82, 2.24) is 20.1 Å². The van der Waals surface area contributed by atoms with E-state index in [0.717, 1.165) is 5.69 Å². The smallest absolute Gasteiger partial charge is 0.264 e. The van der Waals surface area contributed by atoms with Crippen molar-refractivity contribution in [3.8, 4) is 0 Å². The minimum absolute atomic E-state index is 0.0140. The normalized spacial score (nSPS) is 16.2. The number of carbonyl (C=O) groups excluding carboxylic acids is 3. The first-order chi connectivity index (χ1) is 16.0. The number of hydrogen-bond acceptors (Lipinski definition) is 7. The molecule has 0 atom stereocenters. The summed E-state index contributed by atoms with van der Waals surface area (Å²) in [5.41, 5.74) is 2.51. The van der Waals surface area contributed by atoms with Crippen molar-refractivity contribution < 1.29 is 19.0 Å². The van der Waals surface area contributed by atoms with Crippen LogP contribution in [-0.4, -0.2) is 64.0 Å². The Bertz CT molecular complexity index is 1090. The van der Waals surface area contributed by atoms with Crippen molar-refractivity contribution in [2.45, 2.75) is 26.3 Å². The first-order valence-corrected chi connectivity index (χ1v) is 11.0. The van der Waals surface area contributed by atoms with Gasteiger partial charge in [0.15, 0.2) is 0 Å². The fraction of sp³-hybridized carbons (Fsp3) is 0.375. The molecule has 4 rings (SSSR count). The Morgan fingerprint density at radius 2 is 1.85 bits per heavy atom. The highest BCUT2D eigenvalue weighted by Crippen LogP contribution is 2.35. The van der Waals surface area contributed by atoms with Crippen LogP contribution in [0.3, 0.4) is 0 Å². The molecule has 9 heteroatoms. The van der Waals surface area contributed by atoms with E-state index < -0.39 is 0 Å². The van der Waals surface area contributed by atoms with Crippen LogP contribution in [-0.2, 0) is 11.3 Å². The number of anilines is 1. The average molecular weight is 450 g/mol. The average Bonchev–Trinajstić information content (AvgIpc) is 3.34. The Hall–Kier alpha value is -3.75. The van der Waals surface area contributed by atoms with Gasteiger partial charge in [-0.1, -0.05) is 28.5 Å². The Morgan fingerprint density at radius 1 is 1.15 bits per heavy atom. The summed E-state index contributed by atoms with van der Waals surface area (Å²) in [6, 6.07) is 5.32. The van der Waals surface area contributed by atoms with Gasteiger partial charge in [-0.15, -0.1) is 13.2 Å². The molecule has 0 N–H and O–H groups in total. The maximum absolute atomic E-state index is 13.2. The molecule has 33 heavy (non-hydrogen) atoms. The van der Waals surface area contributed by atoms with E-state index in [1.165, 1.54) is 4.90 Å². The van der Waals surface area contributed by atoms with Gasteiger partial charge in [0.25, 0.3) is 11.8 Å². The second-order valence-corrected chi connectivity index (χ2v) is 8.27. The van der Waals surface area contributed by atoms with Crippen LogP contribution in [0.15, 0.2) is 48.1 Å². The minimum atomic E-state index is -0.353. The molecule has 3 amide bonds. The lowest BCUT2D eigenvalue weighted by atomic mass is 9.94. The molecule has 0 spiro atoms. The molecular formula is C24H27N5O4. The van der Waals surface area contributed by atoms with Gasteiger partial charge >= 0.3 is 0 Å². The number of benzene rings is 1. The maximum atomic E-state index is 13.2. The van der Waals surface area contributed by atoms with Crippen LogP contribution in [0.5, 0.6) is 0 Å². The summed E-state index contributed by atoms with van der Waals surface area (Å²) in [6.07, 6.45) is 4.77. The van der Waals surface area contributed by atoms with Crippen LogP contribution in [0.4, 0.5) is 5.69 Å². The van der Waals surface area contributed by atoms with E-state index in [-0.39, 0.29) is 30.2 Å². The lowest BCUT2D eigenvalue weighted by Gasteiger charge is -2.35. The van der Waals surface area contributed by atoms with Gasteiger partial charge in [0, 0.05) is 32.1 Å². The second kappa shape index (κ2) is 9.40. The first kappa shape index (κ1) is 22.4. The molecule has 2 aliphatic heterocycles. The van der Waals surface area contributed by atoms with Crippen molar-refractivity contribution in [3.05, 3.63) is 66.0 Å². The molecule has 172 valence electrons. The first-order valence-electron chi connectivity index (χ1n) is 11.0. The highest BCUT2D eigenvalue weighted by Gasteiger charge is 2.40. The Labute approximate surface area is 192 Å². The molecule has 2 aliphatic rings. The van der Waals surface area contributed by atoms with Gasteiger partial charge in [-0.05, 0) is 31.9 Å². The summed E-state index contributed by atoms with van der Waals surface area (Å²) in [4.78, 5) is 44.1. The van der Waals surface area contributed by atoms with E-state index >= 15 is 0 Å². The number of rotatable bonds is 8. The maximum Gasteiger partial charge on any atom is 0.264 e. The van der Waals surface area contributed by atoms with Crippen LogP contribution >= 0.6 is 0 Å². The van der Waals surface area contributed by atoms with E-state index in [0.29, 0.717) is 61.5 Å². The number of aromatic nitrogens is 2. The van der Waals surface area contributed by atoms with Gasteiger partial charge in [-0.3, -0.25) is 19.3 Å². The van der Waals surface area contributed by atoms with Crippen LogP contribution in [0.2, 0.25) is 0 Å². The fourth-order valence-electron chi connectivity index (χ4n) is 4.46. The van der Waals surface area contributed by atoms with E-state index in [4.69, 9.17) is 4.63 Å². The third-order valence-corrected chi connectivity index (χ3v) is 6.23. The van der Waals surface area contributed by atoms with Crippen molar-refractivity contribution >= 4 is 23.4 Å². The number of hydrogen-bond donors (Lipinski definition) is 0. The molecular weight excluding hydrogens is 422 g/mol. The zero-order valence-electron chi connectivity index (χ0n) is 18.7. The summed E-state index contributed by atoms with van der Waals surface area (Å²) in [5, 5.41) is 7.52. The van der Waals surface area contributed by atoms with Crippen LogP contribution in [0.1, 0.15) is 44.9 Å². The van der Waals surface area contributed by atoms with Gasteiger partial charge in [0.2, 0.25) is 5.91 Å². The number of amides is 3. The van der Waals surface area contributed by atoms with Gasteiger partial charge < -0.3 is 9.80 Å². The molecule has 0 unspecified atom stereocenters. The summed E-state index contributed by atoms with van der Waals surface area (Å²) >= 11 is 0. The molecule has 3 heterocycles. The SMILES string of the molecule is C=CCN(CC=C)C(=O)C1CCN(c2cccc3c2C(=O)N(Cc2nonc2C)C3=O)CC1. The molecule has 0 bridgehead atoms. The number of piperidine rings is 1. The van der Waals surface area contributed by atoms with Crippen LogP contribution < -0.4 is 4.90 Å². The Kier molecular flexibility index (Phi) is 6.39. The Morgan fingerprint density at radius 3 is 2.45 bits per heavy atom. The lowest BCUT2D eigenvalue weighted by molar-refractivity contribution is -0.135. The zero-order valence-corrected chi connectivity index (χ0v) is 18.7. The lowest BCUT2D eigenvalue weighted by Crippen LogP contribution is -2.43. The molecule has 1 aromatic heterocycles. The fourth-order valence-corrected chi connectivity index (χ4v) is 4.46. The van der Waals surface area contributed by atoms with E-state index in [9.17, 15) is 14.4 Å². The van der Waals surface area contributed by atoms with Gasteiger partial charge in [-0.2, -0.15) is 0 Å². The third-order valence-electron chi connectivity index (χ3n) is 6.23. The van der Waals surface area contributed by atoms with Crippen LogP contribution in [0, 0.1) is 12.8 Å². The van der Waals surface area contributed by atoms with E-state index in [1.807, 2.05) is 6.07 Å². The van der Waals surface area contributed by atoms with Gasteiger partial charge in [-0.25, -0.2) is 4.63 Å². The highest BCUT2D eigenvalue weighted by molar-refractivity contribution is 6.23. The minimum Gasteiger partial charge on any atom is -0.371 e. The van der Waals surface area contributed by atoms with E-state index in [1.54, 1.807) is 36.1 Å². The predicted octanol–water partition coefficient (Wildman–Crippen LogP) is 2.59. The van der Waals surface area contributed by atoms with Crippen molar-refractivity contribution in [2.75, 3.05) is 31.1 Å². The topological polar surface area (TPSA) is 99.9 Å². The number of imide groups is 1. The summed E-state index contributed by atoms with van der Waals surface area (Å²) < 4.78 is 4.70. The van der Waals surface area contributed by atoms with Crippen molar-refractivity contribution in [2.24, 2.45) is 5.92 Å². The standard InChI is InChI=1S/C24H27N5O4/c1-4-11-28(12-5-2)22(30)17-9-13-27(14-10-17)20-8-6-7-18-21(20)24(32)29(23(18)31)15-19-16(3)25-33-26-19/h4-8,17H,1-2,9-15H2,3H3. The van der Waals surface area contributed by atoms with Crippen LogP contribution in [0.25, 0.3) is 0 Å². The molecule has 1 saturated heterocycles. The molecule has 1 aromatic carbocycles. The van der Waals surface area contributed by atoms with E-state index in [2.05, 4.69) is 28.4 Å². The number of carbonyl (C=O) groups is 3. The molecule has 9 nitrogen and oxygen atoms in total. The molecule has 2 aromatic rings. The summed E-state index contributed by atoms with van der Waals surface area (Å²) in [5.74, 6) is -0.695. The summed E-state index contributed by atoms with van der Waals surface area (Å²) in [6.45, 7) is 11.4. The van der Waals surface area contributed by atoms with Crippen molar-refractivity contribution in [1.29, 1.82) is 0 Å². The predicted molar refractivity (Wildman–Crippen MR) is 122 cm³/mol. The summed E-state index contributed by atoms with van der Waals surface area (Å²) in [7, 11) is 0. The molecule has 0 radical (unpaired) electrons. The Balaban J connectivity index is 1.50. The number of nitrogens with zero attached hydrogens (tertiary/aromatic N) is 5.